The van der Waals surface area contributed by atoms with Gasteiger partial charge in [-0.05, 0) is 47.4 Å². The van der Waals surface area contributed by atoms with Crippen LogP contribution in [0.2, 0.25) is 5.02 Å². The SMILES string of the molecule is CC1(C)CC(=O)C2=C(C1)N(Cc1ccccc1)C1=C(C(=O)CC(C)(C)C1)C2c1cc(Cl)ccc1OCC(=O)O. The molecule has 0 saturated heterocycles. The number of ketones is 2. The highest BCUT2D eigenvalue weighted by molar-refractivity contribution is 6.30. The Morgan fingerprint density at radius 3 is 2.03 bits per heavy atom. The third-order valence-corrected chi connectivity index (χ3v) is 8.07. The number of hydrogen-bond donors (Lipinski definition) is 1. The van der Waals surface area contributed by atoms with E-state index in [4.69, 9.17) is 16.3 Å². The molecular weight excluding hydrogens is 514 g/mol. The molecule has 0 spiro atoms. The molecule has 7 heteroatoms. The smallest absolute Gasteiger partial charge is 0.341 e. The number of carboxylic acid groups (broad SMARTS) is 1. The van der Waals surface area contributed by atoms with Gasteiger partial charge in [0, 0.05) is 58.4 Å². The highest BCUT2D eigenvalue weighted by Gasteiger charge is 2.49. The minimum absolute atomic E-state index is 0.00217. The number of Topliss-reactive ketones (excluding diaryl/α,β-unsaturated/α-hetero) is 2. The van der Waals surface area contributed by atoms with Gasteiger partial charge in [-0.25, -0.2) is 4.79 Å². The van der Waals surface area contributed by atoms with Crippen LogP contribution in [-0.2, 0) is 20.9 Å². The number of aliphatic carboxylic acids is 1. The Kier molecular flexibility index (Phi) is 6.96. The molecule has 0 amide bonds. The lowest BCUT2D eigenvalue weighted by molar-refractivity contribution is -0.139. The number of ether oxygens (including phenoxy) is 1. The van der Waals surface area contributed by atoms with Gasteiger partial charge < -0.3 is 14.7 Å². The number of carboxylic acids is 1. The Labute approximate surface area is 234 Å². The number of benzene rings is 2. The van der Waals surface area contributed by atoms with E-state index in [9.17, 15) is 19.5 Å². The first kappa shape index (κ1) is 27.2. The van der Waals surface area contributed by atoms with Crippen molar-refractivity contribution in [1.29, 1.82) is 0 Å². The summed E-state index contributed by atoms with van der Waals surface area (Å²) in [5, 5.41) is 9.72. The van der Waals surface area contributed by atoms with E-state index in [0.29, 0.717) is 59.7 Å². The molecule has 3 aliphatic rings. The Morgan fingerprint density at radius 2 is 1.49 bits per heavy atom. The lowest BCUT2D eigenvalue weighted by Gasteiger charge is -2.49. The fraction of sp³-hybridized carbons (Fsp3) is 0.406. The van der Waals surface area contributed by atoms with Crippen LogP contribution in [0.15, 0.2) is 71.1 Å². The summed E-state index contributed by atoms with van der Waals surface area (Å²) in [5.41, 5.74) is 4.20. The maximum atomic E-state index is 14.0. The highest BCUT2D eigenvalue weighted by Crippen LogP contribution is 2.56. The maximum absolute atomic E-state index is 14.0. The summed E-state index contributed by atoms with van der Waals surface area (Å²) in [5.74, 6) is -1.47. The van der Waals surface area contributed by atoms with Gasteiger partial charge in [0.1, 0.15) is 5.75 Å². The second-order valence-corrected chi connectivity index (χ2v) is 12.9. The Balaban J connectivity index is 1.78. The molecule has 2 aromatic rings. The topological polar surface area (TPSA) is 83.9 Å². The zero-order chi connectivity index (χ0) is 28.1. The summed E-state index contributed by atoms with van der Waals surface area (Å²) in [6, 6.07) is 15.1. The van der Waals surface area contributed by atoms with Crippen LogP contribution in [0.1, 0.15) is 70.4 Å². The maximum Gasteiger partial charge on any atom is 0.341 e. The fourth-order valence-corrected chi connectivity index (χ4v) is 6.51. The van der Waals surface area contributed by atoms with Crippen LogP contribution in [0.25, 0.3) is 0 Å². The summed E-state index contributed by atoms with van der Waals surface area (Å²) < 4.78 is 5.70. The first-order valence-corrected chi connectivity index (χ1v) is 13.7. The largest absolute Gasteiger partial charge is 0.482 e. The molecule has 5 rings (SSSR count). The monoisotopic (exact) mass is 547 g/mol. The van der Waals surface area contributed by atoms with Gasteiger partial charge in [0.15, 0.2) is 18.2 Å². The molecule has 0 aromatic heterocycles. The van der Waals surface area contributed by atoms with Gasteiger partial charge in [0.05, 0.1) is 0 Å². The molecule has 2 aromatic carbocycles. The molecule has 0 fully saturated rings. The minimum Gasteiger partial charge on any atom is -0.482 e. The number of carbonyl (C=O) groups excluding carboxylic acids is 2. The van der Waals surface area contributed by atoms with E-state index in [-0.39, 0.29) is 22.4 Å². The fourth-order valence-electron chi connectivity index (χ4n) is 6.33. The summed E-state index contributed by atoms with van der Waals surface area (Å²) in [6.45, 7) is 8.42. The van der Waals surface area contributed by atoms with Crippen molar-refractivity contribution in [3.63, 3.8) is 0 Å². The molecule has 1 aliphatic heterocycles. The predicted octanol–water partition coefficient (Wildman–Crippen LogP) is 6.69. The molecule has 39 heavy (non-hydrogen) atoms. The summed E-state index contributed by atoms with van der Waals surface area (Å²) >= 11 is 6.46. The van der Waals surface area contributed by atoms with E-state index in [1.54, 1.807) is 18.2 Å². The molecule has 0 unspecified atom stereocenters. The van der Waals surface area contributed by atoms with Gasteiger partial charge >= 0.3 is 5.97 Å². The molecule has 1 N–H and O–H groups in total. The Morgan fingerprint density at radius 1 is 0.923 bits per heavy atom. The third kappa shape index (κ3) is 5.40. The summed E-state index contributed by atoms with van der Waals surface area (Å²) in [7, 11) is 0. The molecule has 0 saturated carbocycles. The van der Waals surface area contributed by atoms with Crippen LogP contribution in [0.4, 0.5) is 0 Å². The van der Waals surface area contributed by atoms with Gasteiger partial charge in [-0.15, -0.1) is 0 Å². The van der Waals surface area contributed by atoms with Crippen molar-refractivity contribution < 1.29 is 24.2 Å². The van der Waals surface area contributed by atoms with Crippen molar-refractivity contribution in [2.24, 2.45) is 10.8 Å². The van der Waals surface area contributed by atoms with Gasteiger partial charge in [0.25, 0.3) is 0 Å². The van der Waals surface area contributed by atoms with Gasteiger partial charge in [-0.2, -0.15) is 0 Å². The minimum atomic E-state index is -1.11. The van der Waals surface area contributed by atoms with Crippen LogP contribution in [0, 0.1) is 10.8 Å². The second kappa shape index (κ2) is 9.98. The third-order valence-electron chi connectivity index (χ3n) is 7.84. The van der Waals surface area contributed by atoms with Gasteiger partial charge in [-0.3, -0.25) is 9.59 Å². The lowest BCUT2D eigenvalue weighted by atomic mass is 9.63. The zero-order valence-electron chi connectivity index (χ0n) is 22.8. The highest BCUT2D eigenvalue weighted by atomic mass is 35.5. The predicted molar refractivity (Wildman–Crippen MR) is 149 cm³/mol. The molecule has 204 valence electrons. The van der Waals surface area contributed by atoms with Crippen molar-refractivity contribution in [3.05, 3.63) is 87.2 Å². The lowest BCUT2D eigenvalue weighted by Crippen LogP contribution is -2.44. The first-order chi connectivity index (χ1) is 18.3. The van der Waals surface area contributed by atoms with Crippen molar-refractivity contribution in [3.8, 4) is 5.75 Å². The first-order valence-electron chi connectivity index (χ1n) is 13.3. The summed E-state index contributed by atoms with van der Waals surface area (Å²) in [6.07, 6.45) is 2.06. The Bertz CT molecular complexity index is 1370. The van der Waals surface area contributed by atoms with Gasteiger partial charge in [-0.1, -0.05) is 69.6 Å². The van der Waals surface area contributed by atoms with E-state index in [0.717, 1.165) is 17.0 Å². The van der Waals surface area contributed by atoms with E-state index in [2.05, 4.69) is 44.7 Å². The number of nitrogens with zero attached hydrogens (tertiary/aromatic N) is 1. The van der Waals surface area contributed by atoms with E-state index in [1.807, 2.05) is 18.2 Å². The molecule has 0 radical (unpaired) electrons. The molecule has 1 heterocycles. The van der Waals surface area contributed by atoms with E-state index >= 15 is 0 Å². The van der Waals surface area contributed by atoms with Crippen LogP contribution < -0.4 is 4.74 Å². The van der Waals surface area contributed by atoms with Crippen molar-refractivity contribution in [1.82, 2.24) is 4.90 Å². The van der Waals surface area contributed by atoms with Crippen molar-refractivity contribution in [2.45, 2.75) is 65.8 Å². The summed E-state index contributed by atoms with van der Waals surface area (Å²) in [4.78, 5) is 41.6. The zero-order valence-corrected chi connectivity index (χ0v) is 23.6. The normalized spacial score (nSPS) is 20.6. The number of rotatable bonds is 6. The van der Waals surface area contributed by atoms with Crippen molar-refractivity contribution >= 4 is 29.1 Å². The Hall–Kier alpha value is -3.38. The molecule has 6 nitrogen and oxygen atoms in total. The standard InChI is InChI=1S/C32H34ClNO5/c1-31(2)13-22-29(24(35)15-31)28(21-12-20(33)10-11-26(21)39-18-27(37)38)30-23(14-32(3,4)16-25(30)36)34(22)17-19-8-6-5-7-9-19/h5-12,28H,13-18H2,1-4H3,(H,37,38). The molecule has 0 bridgehead atoms. The number of hydrogen-bond acceptors (Lipinski definition) is 5. The van der Waals surface area contributed by atoms with Crippen LogP contribution >= 0.6 is 11.6 Å². The second-order valence-electron chi connectivity index (χ2n) is 12.5. The number of halogens is 1. The van der Waals surface area contributed by atoms with Crippen LogP contribution in [0.5, 0.6) is 5.75 Å². The van der Waals surface area contributed by atoms with Gasteiger partial charge in [0.2, 0.25) is 0 Å². The molecule has 2 aliphatic carbocycles. The van der Waals surface area contributed by atoms with E-state index < -0.39 is 18.5 Å². The average molecular weight is 548 g/mol. The quantitative estimate of drug-likeness (QED) is 0.434. The van der Waals surface area contributed by atoms with Crippen LogP contribution in [0.3, 0.4) is 0 Å². The van der Waals surface area contributed by atoms with Crippen molar-refractivity contribution in [2.75, 3.05) is 6.61 Å². The number of allylic oxidation sites excluding steroid dienone is 4. The molecule has 0 atom stereocenters. The average Bonchev–Trinajstić information content (AvgIpc) is 2.83. The van der Waals surface area contributed by atoms with Crippen LogP contribution in [-0.4, -0.2) is 34.1 Å². The van der Waals surface area contributed by atoms with E-state index in [1.165, 1.54) is 0 Å². The molecular formula is C32H34ClNO5. The number of carbonyl (C=O) groups is 3.